The molecule has 2 saturated carbocycles. The van der Waals surface area contributed by atoms with Crippen LogP contribution < -0.4 is 10.7 Å². The zero-order valence-corrected chi connectivity index (χ0v) is 14.0. The van der Waals surface area contributed by atoms with Crippen molar-refractivity contribution in [2.45, 2.75) is 25.3 Å². The van der Waals surface area contributed by atoms with Crippen molar-refractivity contribution in [3.8, 4) is 11.5 Å². The Morgan fingerprint density at radius 1 is 1.25 bits per heavy atom. The first kappa shape index (κ1) is 15.4. The van der Waals surface area contributed by atoms with E-state index in [4.69, 9.17) is 12.2 Å². The molecule has 2 bridgehead atoms. The molecule has 0 unspecified atom stereocenters. The highest BCUT2D eigenvalue weighted by molar-refractivity contribution is 7.80. The first-order valence-corrected chi connectivity index (χ1v) is 8.81. The lowest BCUT2D eigenvalue weighted by atomic mass is 9.79. The van der Waals surface area contributed by atoms with Gasteiger partial charge >= 0.3 is 0 Å². The minimum absolute atomic E-state index is 0.0188. The lowest BCUT2D eigenvalue weighted by molar-refractivity contribution is 0.246. The van der Waals surface area contributed by atoms with E-state index in [2.05, 4.69) is 28.0 Å². The van der Waals surface area contributed by atoms with Gasteiger partial charge in [-0.3, -0.25) is 5.43 Å². The molecule has 0 spiro atoms. The van der Waals surface area contributed by atoms with Gasteiger partial charge in [0.25, 0.3) is 0 Å². The van der Waals surface area contributed by atoms with Crippen molar-refractivity contribution in [2.75, 3.05) is 0 Å². The molecular formula is C18H21N3O2S. The van der Waals surface area contributed by atoms with Crippen molar-refractivity contribution in [3.05, 3.63) is 35.9 Å². The number of nitrogens with zero attached hydrogens (tertiary/aromatic N) is 1. The maximum atomic E-state index is 9.71. The molecule has 4 N–H and O–H groups in total. The third-order valence-electron chi connectivity index (χ3n) is 5.71. The highest BCUT2D eigenvalue weighted by atomic mass is 32.1. The van der Waals surface area contributed by atoms with Gasteiger partial charge < -0.3 is 15.5 Å². The number of rotatable bonds is 3. The van der Waals surface area contributed by atoms with E-state index in [-0.39, 0.29) is 11.5 Å². The molecular weight excluding hydrogens is 322 g/mol. The van der Waals surface area contributed by atoms with E-state index >= 15 is 0 Å². The number of phenols is 2. The Balaban J connectivity index is 1.31. The van der Waals surface area contributed by atoms with E-state index < -0.39 is 0 Å². The van der Waals surface area contributed by atoms with Crippen LogP contribution in [-0.2, 0) is 0 Å². The van der Waals surface area contributed by atoms with E-state index in [0.717, 1.165) is 17.8 Å². The summed E-state index contributed by atoms with van der Waals surface area (Å²) < 4.78 is 0. The lowest BCUT2D eigenvalue weighted by Gasteiger charge is -2.32. The second-order valence-electron chi connectivity index (χ2n) is 6.99. The molecule has 1 aromatic carbocycles. The van der Waals surface area contributed by atoms with Gasteiger partial charge in [0.1, 0.15) is 11.5 Å². The van der Waals surface area contributed by atoms with Crippen LogP contribution in [0.5, 0.6) is 11.5 Å². The zero-order valence-electron chi connectivity index (χ0n) is 13.2. The van der Waals surface area contributed by atoms with Gasteiger partial charge in [0.2, 0.25) is 0 Å². The highest BCUT2D eigenvalue weighted by Crippen LogP contribution is 2.56. The molecule has 0 aromatic heterocycles. The van der Waals surface area contributed by atoms with Crippen LogP contribution in [0.4, 0.5) is 0 Å². The first-order chi connectivity index (χ1) is 11.6. The van der Waals surface area contributed by atoms with Crippen molar-refractivity contribution < 1.29 is 10.2 Å². The van der Waals surface area contributed by atoms with Crippen molar-refractivity contribution in [1.82, 2.24) is 10.7 Å². The molecule has 3 aliphatic rings. The standard InChI is InChI=1S/C18H21N3O2S/c22-12-5-4-10(17(23)8-12)9-19-21-18(24)20-16-7-11-6-15(16)14-3-1-2-13(11)14/h1,3-5,8-9,11,13-16,22-23H,2,6-7H2,(H2,20,21,24)/b19-9-/t11-,13+,14-,15+,16+/m0/s1. The number of allylic oxidation sites excluding steroid dienone is 2. The number of aromatic hydroxyl groups is 2. The number of benzene rings is 1. The van der Waals surface area contributed by atoms with E-state index in [9.17, 15) is 10.2 Å². The fraction of sp³-hybridized carbons (Fsp3) is 0.444. The van der Waals surface area contributed by atoms with Crippen LogP contribution in [-0.4, -0.2) is 27.6 Å². The molecule has 0 saturated heterocycles. The molecule has 5 nitrogen and oxygen atoms in total. The summed E-state index contributed by atoms with van der Waals surface area (Å²) in [5.74, 6) is 3.10. The fourth-order valence-electron chi connectivity index (χ4n) is 4.71. The Kier molecular flexibility index (Phi) is 3.92. The Hall–Kier alpha value is -2.08. The maximum Gasteiger partial charge on any atom is 0.187 e. The third kappa shape index (κ3) is 2.75. The number of phenolic OH excluding ortho intramolecular Hbond substituents is 2. The predicted molar refractivity (Wildman–Crippen MR) is 97.0 cm³/mol. The molecule has 0 heterocycles. The van der Waals surface area contributed by atoms with E-state index in [1.54, 1.807) is 6.07 Å². The van der Waals surface area contributed by atoms with Gasteiger partial charge in [-0.25, -0.2) is 0 Å². The van der Waals surface area contributed by atoms with Gasteiger partial charge in [-0.05, 0) is 67.3 Å². The van der Waals surface area contributed by atoms with Crippen LogP contribution in [0.3, 0.4) is 0 Å². The second kappa shape index (κ2) is 6.09. The molecule has 0 amide bonds. The lowest BCUT2D eigenvalue weighted by Crippen LogP contribution is -2.45. The van der Waals surface area contributed by atoms with Crippen LogP contribution in [0.25, 0.3) is 0 Å². The quantitative estimate of drug-likeness (QED) is 0.294. The highest BCUT2D eigenvalue weighted by Gasteiger charge is 2.52. The number of fused-ring (bicyclic) bond motifs is 5. The summed E-state index contributed by atoms with van der Waals surface area (Å²) >= 11 is 5.34. The summed E-state index contributed by atoms with van der Waals surface area (Å²) in [5, 5.41) is 27.0. The van der Waals surface area contributed by atoms with Gasteiger partial charge in [0.15, 0.2) is 5.11 Å². The first-order valence-electron chi connectivity index (χ1n) is 8.40. The van der Waals surface area contributed by atoms with Gasteiger partial charge in [-0.1, -0.05) is 12.2 Å². The summed E-state index contributed by atoms with van der Waals surface area (Å²) in [6, 6.07) is 4.79. The molecule has 3 aliphatic carbocycles. The van der Waals surface area contributed by atoms with Crippen LogP contribution in [0.1, 0.15) is 24.8 Å². The Morgan fingerprint density at radius 2 is 2.12 bits per heavy atom. The van der Waals surface area contributed by atoms with Crippen LogP contribution in [0.2, 0.25) is 0 Å². The summed E-state index contributed by atoms with van der Waals surface area (Å²) in [7, 11) is 0. The monoisotopic (exact) mass is 343 g/mol. The normalized spacial score (nSPS) is 33.1. The Labute approximate surface area is 146 Å². The molecule has 1 aromatic rings. The minimum atomic E-state index is -0.0217. The summed E-state index contributed by atoms with van der Waals surface area (Å²) in [5.41, 5.74) is 3.33. The van der Waals surface area contributed by atoms with Crippen molar-refractivity contribution in [3.63, 3.8) is 0 Å². The minimum Gasteiger partial charge on any atom is -0.508 e. The van der Waals surface area contributed by atoms with Crippen LogP contribution in [0.15, 0.2) is 35.5 Å². The molecule has 0 radical (unpaired) electrons. The van der Waals surface area contributed by atoms with E-state index in [1.165, 1.54) is 37.6 Å². The number of hydrazone groups is 1. The second-order valence-corrected chi connectivity index (χ2v) is 7.40. The van der Waals surface area contributed by atoms with Crippen molar-refractivity contribution in [2.24, 2.45) is 28.8 Å². The van der Waals surface area contributed by atoms with Crippen molar-refractivity contribution in [1.29, 1.82) is 0 Å². The average molecular weight is 343 g/mol. The van der Waals surface area contributed by atoms with Gasteiger partial charge in [0.05, 0.1) is 6.21 Å². The van der Waals surface area contributed by atoms with Gasteiger partial charge in [0, 0.05) is 17.7 Å². The van der Waals surface area contributed by atoms with E-state index in [0.29, 0.717) is 22.6 Å². The number of hydrogen-bond donors (Lipinski definition) is 4. The summed E-state index contributed by atoms with van der Waals surface area (Å²) in [6.07, 6.45) is 9.97. The van der Waals surface area contributed by atoms with Crippen molar-refractivity contribution >= 4 is 23.5 Å². The van der Waals surface area contributed by atoms with Crippen LogP contribution >= 0.6 is 12.2 Å². The average Bonchev–Trinajstić information content (AvgIpc) is 3.21. The Bertz CT molecular complexity index is 718. The maximum absolute atomic E-state index is 9.71. The molecule has 0 aliphatic heterocycles. The summed E-state index contributed by atoms with van der Waals surface area (Å²) in [4.78, 5) is 0. The number of thiocarbonyl (C=S) groups is 1. The topological polar surface area (TPSA) is 76.9 Å². The molecule has 5 atom stereocenters. The van der Waals surface area contributed by atoms with Crippen LogP contribution in [0, 0.1) is 23.7 Å². The molecule has 6 heteroatoms. The zero-order chi connectivity index (χ0) is 16.7. The number of hydrogen-bond acceptors (Lipinski definition) is 4. The molecule has 4 rings (SSSR count). The Morgan fingerprint density at radius 3 is 2.96 bits per heavy atom. The molecule has 24 heavy (non-hydrogen) atoms. The largest absolute Gasteiger partial charge is 0.508 e. The molecule has 2 fully saturated rings. The van der Waals surface area contributed by atoms with Gasteiger partial charge in [-0.15, -0.1) is 0 Å². The number of nitrogens with one attached hydrogen (secondary N) is 2. The SMILES string of the molecule is Oc1ccc(/C=N\NC(=S)N[C@@H]2C[C@@H]3C[C@@H]2[C@H]2C=CC[C@H]32)c(O)c1. The summed E-state index contributed by atoms with van der Waals surface area (Å²) in [6.45, 7) is 0. The van der Waals surface area contributed by atoms with E-state index in [1.807, 2.05) is 0 Å². The predicted octanol–water partition coefficient (Wildman–Crippen LogP) is 2.50. The van der Waals surface area contributed by atoms with Gasteiger partial charge in [-0.2, -0.15) is 5.10 Å². The third-order valence-corrected chi connectivity index (χ3v) is 5.92. The molecule has 126 valence electrons. The fourth-order valence-corrected chi connectivity index (χ4v) is 4.92. The smallest absolute Gasteiger partial charge is 0.187 e.